The maximum Gasteiger partial charge on any atom is 0.406 e. The van der Waals surface area contributed by atoms with Gasteiger partial charge in [0.05, 0.1) is 67.1 Å². The topological polar surface area (TPSA) is 184 Å². The number of ether oxygens (including phenoxy) is 3. The maximum absolute atomic E-state index is 15.2. The number of esters is 1. The standard InChI is InChI=1S/C57H73F3N10O8S/c1-33(76-6)46-37(13-9-19-61-46)49-39-25-55(2,3)32-77-54(75)40-14-10-20-70(64-40)52(73)41(24-44-62-42(27-79-44)36-17-18-43(38(39)23-36)69(49)31-57(58,59)60)63-51(72)48(34-11-7-8-12-34)66-21-22-78-56(28-66)29-67(30-56)53(74)50-47(35-15-16-35)68(50)26-45(71)65(4)5/h9,13,17-19,23,27,33-35,40-41,47-48,50,64H,7-8,10-12,14-16,20-22,24-26,28-32H2,1-6H3,(H,63,72)/t33-,40-,41-,47?,48?,50+,68?/m0/s1. The van der Waals surface area contributed by atoms with E-state index < -0.39 is 59.8 Å². The van der Waals surface area contributed by atoms with Gasteiger partial charge in [0.1, 0.15) is 30.3 Å². The van der Waals surface area contributed by atoms with E-state index in [1.807, 2.05) is 35.1 Å². The molecule has 6 fully saturated rings. The van der Waals surface area contributed by atoms with Crippen LogP contribution in [0.4, 0.5) is 13.2 Å². The van der Waals surface area contributed by atoms with Crippen LogP contribution < -0.4 is 10.7 Å². The number of amides is 4. The maximum atomic E-state index is 15.2. The third-order valence-corrected chi connectivity index (χ3v) is 18.3. The molecule has 18 nitrogen and oxygen atoms in total. The van der Waals surface area contributed by atoms with Gasteiger partial charge in [-0.05, 0) is 93.5 Å². The highest BCUT2D eigenvalue weighted by atomic mass is 32.1. The Balaban J connectivity index is 0.896. The number of pyridine rings is 1. The molecular formula is C57H73F3N10O8S. The normalized spacial score (nSPS) is 26.3. The second-order valence-electron chi connectivity index (χ2n) is 24.1. The first kappa shape index (κ1) is 55.4. The predicted octanol–water partition coefficient (Wildman–Crippen LogP) is 5.77. The monoisotopic (exact) mass is 1110 g/mol. The van der Waals surface area contributed by atoms with E-state index in [1.165, 1.54) is 28.0 Å². The van der Waals surface area contributed by atoms with E-state index in [0.717, 1.165) is 38.5 Å². The number of rotatable bonds is 12. The number of hydrogen-bond donors (Lipinski definition) is 2. The largest absolute Gasteiger partial charge is 0.464 e. The van der Waals surface area contributed by atoms with Gasteiger partial charge in [-0.3, -0.25) is 43.8 Å². The fraction of sp³-hybridized carbons (Fsp3) is 0.632. The van der Waals surface area contributed by atoms with Gasteiger partial charge in [-0.2, -0.15) is 13.2 Å². The Morgan fingerprint density at radius 2 is 1.80 bits per heavy atom. The smallest absolute Gasteiger partial charge is 0.406 e. The summed E-state index contributed by atoms with van der Waals surface area (Å²) in [5.74, 6) is -0.844. The van der Waals surface area contributed by atoms with E-state index in [4.69, 9.17) is 19.2 Å². The van der Waals surface area contributed by atoms with Gasteiger partial charge in [-0.1, -0.05) is 32.8 Å². The molecule has 2 N–H and O–H groups in total. The van der Waals surface area contributed by atoms with Crippen molar-refractivity contribution in [3.05, 3.63) is 58.2 Å². The quantitative estimate of drug-likeness (QED) is 0.129. The fourth-order valence-corrected chi connectivity index (χ4v) is 14.0. The Bertz CT molecular complexity index is 2980. The first-order chi connectivity index (χ1) is 37.7. The minimum atomic E-state index is -4.59. The number of cyclic esters (lactones) is 1. The summed E-state index contributed by atoms with van der Waals surface area (Å²) in [5, 5.41) is 7.63. The van der Waals surface area contributed by atoms with E-state index in [2.05, 4.69) is 20.6 Å². The molecule has 0 radical (unpaired) electrons. The number of halogens is 3. The first-order valence-electron chi connectivity index (χ1n) is 28.0. The molecule has 426 valence electrons. The van der Waals surface area contributed by atoms with Crippen LogP contribution in [0.3, 0.4) is 0 Å². The number of thiazole rings is 1. The van der Waals surface area contributed by atoms with Crippen molar-refractivity contribution in [2.24, 2.45) is 17.3 Å². The lowest BCUT2D eigenvalue weighted by atomic mass is 9.84. The van der Waals surface area contributed by atoms with Crippen LogP contribution in [0.15, 0.2) is 41.9 Å². The lowest BCUT2D eigenvalue weighted by molar-refractivity contribution is -0.198. The van der Waals surface area contributed by atoms with Crippen LogP contribution in [-0.2, 0) is 57.6 Å². The number of hydrazine groups is 1. The van der Waals surface area contributed by atoms with Gasteiger partial charge < -0.3 is 33.9 Å². The summed E-state index contributed by atoms with van der Waals surface area (Å²) in [5.41, 5.74) is 5.18. The molecular weight excluding hydrogens is 1040 g/mol. The van der Waals surface area contributed by atoms with Crippen LogP contribution >= 0.6 is 11.3 Å². The third-order valence-electron chi connectivity index (χ3n) is 17.4. The molecule has 6 bridgehead atoms. The Hall–Kier alpha value is -5.52. The Kier molecular flexibility index (Phi) is 15.3. The average Bonchev–Trinajstić information content (AvgIpc) is 4.12. The number of methoxy groups -OCH3 is 1. The van der Waals surface area contributed by atoms with Gasteiger partial charge in [0, 0.05) is 92.3 Å². The summed E-state index contributed by atoms with van der Waals surface area (Å²) >= 11 is 1.32. The van der Waals surface area contributed by atoms with Crippen LogP contribution in [0, 0.1) is 17.3 Å². The zero-order valence-electron chi connectivity index (χ0n) is 46.0. The molecule has 4 amide bonds. The molecule has 79 heavy (non-hydrogen) atoms. The summed E-state index contributed by atoms with van der Waals surface area (Å²) < 4.78 is 63.9. The molecule has 8 heterocycles. The summed E-state index contributed by atoms with van der Waals surface area (Å²) in [6.45, 7) is 6.81. The van der Waals surface area contributed by atoms with Crippen LogP contribution in [0.2, 0.25) is 0 Å². The van der Waals surface area contributed by atoms with Crippen molar-refractivity contribution in [3.63, 3.8) is 0 Å². The van der Waals surface area contributed by atoms with Crippen molar-refractivity contribution in [1.82, 2.24) is 49.9 Å². The summed E-state index contributed by atoms with van der Waals surface area (Å²) in [6, 6.07) is 5.97. The highest BCUT2D eigenvalue weighted by Gasteiger charge is 2.63. The number of likely N-dealkylation sites (N-methyl/N-ethyl adjacent to an activating group) is 1. The third kappa shape index (κ3) is 11.4. The number of benzene rings is 1. The number of nitrogens with one attached hydrogen (secondary N) is 2. The second kappa shape index (κ2) is 21.8. The van der Waals surface area contributed by atoms with E-state index in [9.17, 15) is 32.3 Å². The molecule has 3 unspecified atom stereocenters. The minimum Gasteiger partial charge on any atom is -0.464 e. The van der Waals surface area contributed by atoms with Crippen molar-refractivity contribution in [2.75, 3.05) is 73.7 Å². The number of carbonyl (C=O) groups excluding carboxylic acids is 5. The number of carbonyl (C=O) groups is 5. The summed E-state index contributed by atoms with van der Waals surface area (Å²) in [7, 11) is 4.98. The molecule has 4 aromatic rings. The van der Waals surface area contributed by atoms with Crippen molar-refractivity contribution >= 4 is 51.8 Å². The average molecular weight is 1120 g/mol. The number of nitrogens with zero attached hydrogens (tertiary/aromatic N) is 8. The lowest BCUT2D eigenvalue weighted by Gasteiger charge is -2.55. The molecule has 2 saturated carbocycles. The Labute approximate surface area is 462 Å². The van der Waals surface area contributed by atoms with Crippen LogP contribution in [-0.4, -0.2) is 184 Å². The van der Waals surface area contributed by atoms with E-state index >= 15 is 4.79 Å². The van der Waals surface area contributed by atoms with E-state index in [1.54, 1.807) is 56.4 Å². The Morgan fingerprint density at radius 3 is 2.52 bits per heavy atom. The van der Waals surface area contributed by atoms with Crippen molar-refractivity contribution < 1.29 is 51.4 Å². The molecule has 3 aromatic heterocycles. The molecule has 7 atom stereocenters. The number of likely N-dealkylation sites (tertiary alicyclic amines) is 1. The van der Waals surface area contributed by atoms with Gasteiger partial charge in [-0.15, -0.1) is 11.3 Å². The van der Waals surface area contributed by atoms with Gasteiger partial charge in [0.15, 0.2) is 0 Å². The second-order valence-corrected chi connectivity index (χ2v) is 25.1. The number of morpholine rings is 1. The highest BCUT2D eigenvalue weighted by Crippen LogP contribution is 2.49. The van der Waals surface area contributed by atoms with Crippen molar-refractivity contribution in [3.8, 4) is 22.5 Å². The molecule has 7 aliphatic rings. The molecule has 5 aliphatic heterocycles. The van der Waals surface area contributed by atoms with Gasteiger partial charge in [0.2, 0.25) is 17.7 Å². The molecule has 1 aromatic carbocycles. The number of hydrogen-bond acceptors (Lipinski definition) is 14. The van der Waals surface area contributed by atoms with Crippen LogP contribution in [0.1, 0.15) is 94.5 Å². The van der Waals surface area contributed by atoms with Gasteiger partial charge in [0.25, 0.3) is 5.91 Å². The SMILES string of the molecule is CO[C@@H](C)c1ncccc1-c1c2c3cc(ccc3n1CC(F)(F)F)-c1csc(n1)C[C@H](NC(=O)C(C1CCCC1)N1CCOC3(CN(C(=O)[C@H]4C(C5CC5)N4CC(=O)N(C)C)C3)C1)C(=O)N1CCC[C@H](N1)C(=O)OCC(C)(C)C2. The van der Waals surface area contributed by atoms with Crippen molar-refractivity contribution in [1.29, 1.82) is 0 Å². The van der Waals surface area contributed by atoms with E-state index in [0.29, 0.717) is 101 Å². The molecule has 2 aliphatic carbocycles. The van der Waals surface area contributed by atoms with Crippen molar-refractivity contribution in [2.45, 2.75) is 140 Å². The van der Waals surface area contributed by atoms with Crippen LogP contribution in [0.5, 0.6) is 0 Å². The zero-order chi connectivity index (χ0) is 55.7. The molecule has 22 heteroatoms. The molecule has 4 saturated heterocycles. The van der Waals surface area contributed by atoms with Gasteiger partial charge in [-0.25, -0.2) is 10.4 Å². The number of alkyl halides is 3. The van der Waals surface area contributed by atoms with Crippen LogP contribution in [0.25, 0.3) is 33.4 Å². The Morgan fingerprint density at radius 1 is 1.03 bits per heavy atom. The van der Waals surface area contributed by atoms with Gasteiger partial charge >= 0.3 is 12.1 Å². The highest BCUT2D eigenvalue weighted by molar-refractivity contribution is 7.10. The van der Waals surface area contributed by atoms with E-state index in [-0.39, 0.29) is 68.3 Å². The zero-order valence-corrected chi connectivity index (χ0v) is 46.8. The fourth-order valence-electron chi connectivity index (χ4n) is 13.1. The summed E-state index contributed by atoms with van der Waals surface area (Å²) in [6.07, 6.45) is 3.30. The minimum absolute atomic E-state index is 0.0123. The number of fused-ring (bicyclic) bond motifs is 6. The molecule has 1 spiro atoms. The predicted molar refractivity (Wildman–Crippen MR) is 288 cm³/mol. The lowest BCUT2D eigenvalue weighted by Crippen LogP contribution is -2.73. The first-order valence-corrected chi connectivity index (χ1v) is 28.9. The summed E-state index contributed by atoms with van der Waals surface area (Å²) in [4.78, 5) is 88.3. The number of aromatic nitrogens is 3. The molecule has 11 rings (SSSR count).